The lowest BCUT2D eigenvalue weighted by Crippen LogP contribution is -2.50. The Morgan fingerprint density at radius 1 is 0.806 bits per heavy atom. The minimum atomic E-state index is -0.0143. The van der Waals surface area contributed by atoms with Crippen LogP contribution < -0.4 is 4.90 Å². The molecular weight excluding hydrogens is 452 g/mol. The number of para-hydroxylation sites is 1. The standard InChI is InChI=1S/C28H26N6O2/c1-19(35)32-14-16-33(17-15-32)28(36)22-8-6-20(7-9-22)23-10-11-24-26(31-23)27(30-18-29-24)34-13-12-21-4-2-3-5-25(21)34/h2-11,18H,12-17H2,1H3. The molecule has 1 saturated heterocycles. The molecule has 2 aliphatic heterocycles. The van der Waals surface area contributed by atoms with E-state index in [1.165, 1.54) is 5.56 Å². The van der Waals surface area contributed by atoms with E-state index in [1.807, 2.05) is 42.5 Å². The van der Waals surface area contributed by atoms with E-state index < -0.39 is 0 Å². The summed E-state index contributed by atoms with van der Waals surface area (Å²) in [7, 11) is 0. The first-order valence-electron chi connectivity index (χ1n) is 12.2. The fourth-order valence-corrected chi connectivity index (χ4v) is 5.03. The Bertz CT molecular complexity index is 1460. The molecular formula is C28H26N6O2. The van der Waals surface area contributed by atoms with Crippen molar-refractivity contribution in [2.45, 2.75) is 13.3 Å². The number of fused-ring (bicyclic) bond motifs is 2. The zero-order chi connectivity index (χ0) is 24.6. The maximum absolute atomic E-state index is 13.0. The van der Waals surface area contributed by atoms with Gasteiger partial charge in [0.15, 0.2) is 5.82 Å². The Morgan fingerprint density at radius 3 is 2.33 bits per heavy atom. The maximum atomic E-state index is 13.0. The Labute approximate surface area is 209 Å². The number of piperazine rings is 1. The molecule has 0 radical (unpaired) electrons. The fourth-order valence-electron chi connectivity index (χ4n) is 5.03. The summed E-state index contributed by atoms with van der Waals surface area (Å²) in [5.41, 5.74) is 6.39. The van der Waals surface area contributed by atoms with E-state index >= 15 is 0 Å². The van der Waals surface area contributed by atoms with E-state index in [2.05, 4.69) is 33.1 Å². The van der Waals surface area contributed by atoms with Gasteiger partial charge in [-0.1, -0.05) is 30.3 Å². The molecule has 0 N–H and O–H groups in total. The van der Waals surface area contributed by atoms with Crippen molar-refractivity contribution in [2.75, 3.05) is 37.6 Å². The molecule has 2 amide bonds. The third-order valence-corrected chi connectivity index (χ3v) is 7.05. The number of benzene rings is 2. The van der Waals surface area contributed by atoms with Crippen LogP contribution in [0.25, 0.3) is 22.3 Å². The number of hydrogen-bond acceptors (Lipinski definition) is 6. The number of hydrogen-bond donors (Lipinski definition) is 0. The minimum absolute atomic E-state index is 0.0143. The zero-order valence-electron chi connectivity index (χ0n) is 20.1. The Morgan fingerprint density at radius 2 is 1.56 bits per heavy atom. The van der Waals surface area contributed by atoms with Crippen LogP contribution in [0.3, 0.4) is 0 Å². The normalized spacial score (nSPS) is 15.3. The first kappa shape index (κ1) is 22.2. The highest BCUT2D eigenvalue weighted by Crippen LogP contribution is 2.36. The van der Waals surface area contributed by atoms with Gasteiger partial charge in [0, 0.05) is 56.5 Å². The van der Waals surface area contributed by atoms with Gasteiger partial charge in [0.05, 0.1) is 11.2 Å². The van der Waals surface area contributed by atoms with Gasteiger partial charge in [-0.05, 0) is 42.3 Å². The third-order valence-electron chi connectivity index (χ3n) is 7.05. The summed E-state index contributed by atoms with van der Waals surface area (Å²) >= 11 is 0. The molecule has 0 unspecified atom stereocenters. The lowest BCUT2D eigenvalue weighted by Gasteiger charge is -2.34. The van der Waals surface area contributed by atoms with E-state index in [9.17, 15) is 9.59 Å². The topological polar surface area (TPSA) is 82.5 Å². The molecule has 36 heavy (non-hydrogen) atoms. The minimum Gasteiger partial charge on any atom is -0.339 e. The highest BCUT2D eigenvalue weighted by Gasteiger charge is 2.25. The molecule has 8 heteroatoms. The molecule has 6 rings (SSSR count). The summed E-state index contributed by atoms with van der Waals surface area (Å²) in [5, 5.41) is 0. The van der Waals surface area contributed by atoms with Gasteiger partial charge in [-0.25, -0.2) is 15.0 Å². The molecule has 0 atom stereocenters. The summed E-state index contributed by atoms with van der Waals surface area (Å²) in [4.78, 5) is 44.3. The van der Waals surface area contributed by atoms with Crippen molar-refractivity contribution in [1.82, 2.24) is 24.8 Å². The van der Waals surface area contributed by atoms with E-state index in [0.717, 1.165) is 46.8 Å². The molecule has 0 bridgehead atoms. The molecule has 0 aliphatic carbocycles. The van der Waals surface area contributed by atoms with Gasteiger partial charge in [0.1, 0.15) is 11.8 Å². The van der Waals surface area contributed by atoms with Crippen LogP contribution in [0.5, 0.6) is 0 Å². The van der Waals surface area contributed by atoms with Crippen molar-refractivity contribution in [3.63, 3.8) is 0 Å². The van der Waals surface area contributed by atoms with E-state index in [4.69, 9.17) is 4.98 Å². The molecule has 4 aromatic rings. The number of anilines is 2. The second kappa shape index (κ2) is 9.03. The van der Waals surface area contributed by atoms with E-state index in [1.54, 1.807) is 23.1 Å². The van der Waals surface area contributed by atoms with Gasteiger partial charge in [-0.3, -0.25) is 9.59 Å². The average Bonchev–Trinajstić information content (AvgIpc) is 3.36. The Hall–Kier alpha value is -4.33. The molecule has 2 aromatic carbocycles. The van der Waals surface area contributed by atoms with Crippen LogP contribution in [0.2, 0.25) is 0 Å². The first-order chi connectivity index (χ1) is 17.6. The van der Waals surface area contributed by atoms with Crippen LogP contribution in [-0.4, -0.2) is 69.3 Å². The molecule has 2 aromatic heterocycles. The van der Waals surface area contributed by atoms with Gasteiger partial charge >= 0.3 is 0 Å². The van der Waals surface area contributed by atoms with Gasteiger partial charge in [0.2, 0.25) is 5.91 Å². The van der Waals surface area contributed by atoms with Gasteiger partial charge in [-0.2, -0.15) is 0 Å². The summed E-state index contributed by atoms with van der Waals surface area (Å²) in [6, 6.07) is 19.9. The van der Waals surface area contributed by atoms with Crippen molar-refractivity contribution in [2.24, 2.45) is 0 Å². The van der Waals surface area contributed by atoms with Gasteiger partial charge in [-0.15, -0.1) is 0 Å². The summed E-state index contributed by atoms with van der Waals surface area (Å²) in [6.07, 6.45) is 2.57. The van der Waals surface area contributed by atoms with Crippen LogP contribution in [0.1, 0.15) is 22.8 Å². The van der Waals surface area contributed by atoms with E-state index in [-0.39, 0.29) is 11.8 Å². The van der Waals surface area contributed by atoms with E-state index in [0.29, 0.717) is 31.7 Å². The van der Waals surface area contributed by atoms with Crippen molar-refractivity contribution >= 4 is 34.4 Å². The predicted octanol–water partition coefficient (Wildman–Crippen LogP) is 3.69. The molecule has 0 spiro atoms. The predicted molar refractivity (Wildman–Crippen MR) is 138 cm³/mol. The largest absolute Gasteiger partial charge is 0.339 e. The average molecular weight is 479 g/mol. The first-order valence-corrected chi connectivity index (χ1v) is 12.2. The van der Waals surface area contributed by atoms with Crippen molar-refractivity contribution < 1.29 is 9.59 Å². The lowest BCUT2D eigenvalue weighted by molar-refractivity contribution is -0.130. The lowest BCUT2D eigenvalue weighted by atomic mass is 10.1. The number of rotatable bonds is 3. The SMILES string of the molecule is CC(=O)N1CCN(C(=O)c2ccc(-c3ccc4ncnc(N5CCc6ccccc65)c4n3)cc2)CC1. The van der Waals surface area contributed by atoms with Gasteiger partial charge < -0.3 is 14.7 Å². The molecule has 1 fully saturated rings. The van der Waals surface area contributed by atoms with Crippen LogP contribution >= 0.6 is 0 Å². The number of amides is 2. The summed E-state index contributed by atoms with van der Waals surface area (Å²) in [6.45, 7) is 4.67. The number of aromatic nitrogens is 3. The van der Waals surface area contributed by atoms with Crippen molar-refractivity contribution in [3.8, 4) is 11.3 Å². The highest BCUT2D eigenvalue weighted by atomic mass is 16.2. The number of pyridine rings is 1. The number of nitrogens with zero attached hydrogens (tertiary/aromatic N) is 6. The van der Waals surface area contributed by atoms with Crippen molar-refractivity contribution in [3.05, 3.63) is 78.1 Å². The highest BCUT2D eigenvalue weighted by molar-refractivity contribution is 5.95. The molecule has 0 saturated carbocycles. The maximum Gasteiger partial charge on any atom is 0.253 e. The Balaban J connectivity index is 1.26. The molecule has 2 aliphatic rings. The van der Waals surface area contributed by atoms with Crippen LogP contribution in [0.4, 0.5) is 11.5 Å². The molecule has 8 nitrogen and oxygen atoms in total. The quantitative estimate of drug-likeness (QED) is 0.447. The molecule has 180 valence electrons. The van der Waals surface area contributed by atoms with Crippen LogP contribution in [0, 0.1) is 0 Å². The third kappa shape index (κ3) is 3.94. The Kier molecular flexibility index (Phi) is 5.56. The van der Waals surface area contributed by atoms with Crippen LogP contribution in [-0.2, 0) is 11.2 Å². The monoisotopic (exact) mass is 478 g/mol. The second-order valence-corrected chi connectivity index (χ2v) is 9.17. The smallest absolute Gasteiger partial charge is 0.253 e. The van der Waals surface area contributed by atoms with Crippen molar-refractivity contribution in [1.29, 1.82) is 0 Å². The fraction of sp³-hybridized carbons (Fsp3) is 0.250. The molecule has 4 heterocycles. The summed E-state index contributed by atoms with van der Waals surface area (Å²) < 4.78 is 0. The summed E-state index contributed by atoms with van der Waals surface area (Å²) in [5.74, 6) is 0.847. The number of carbonyl (C=O) groups excluding carboxylic acids is 2. The van der Waals surface area contributed by atoms with Crippen LogP contribution in [0.15, 0.2) is 67.0 Å². The zero-order valence-corrected chi connectivity index (χ0v) is 20.1. The number of carbonyl (C=O) groups is 2. The van der Waals surface area contributed by atoms with Gasteiger partial charge in [0.25, 0.3) is 5.91 Å². The second-order valence-electron chi connectivity index (χ2n) is 9.17.